The Balaban J connectivity index is 4.79. The summed E-state index contributed by atoms with van der Waals surface area (Å²) in [6, 6.07) is 0.978. The van der Waals surface area contributed by atoms with Gasteiger partial charge in [-0.3, -0.25) is 4.90 Å². The molecule has 122 valence electrons. The predicted molar refractivity (Wildman–Crippen MR) is 86.4 cm³/mol. The molecule has 0 saturated carbocycles. The Hall–Kier alpha value is -0.160. The minimum atomic E-state index is 0.132. The van der Waals surface area contributed by atoms with Crippen LogP contribution in [0.4, 0.5) is 0 Å². The molecule has 4 nitrogen and oxygen atoms in total. The van der Waals surface area contributed by atoms with Crippen LogP contribution in [0.2, 0.25) is 0 Å². The van der Waals surface area contributed by atoms with Gasteiger partial charge < -0.3 is 14.8 Å². The van der Waals surface area contributed by atoms with Crippen LogP contribution >= 0.6 is 0 Å². The average molecular weight is 288 g/mol. The van der Waals surface area contributed by atoms with Crippen molar-refractivity contribution in [2.45, 2.75) is 65.1 Å². The van der Waals surface area contributed by atoms with E-state index in [4.69, 9.17) is 9.47 Å². The Morgan fingerprint density at radius 2 is 1.60 bits per heavy atom. The molecule has 0 aliphatic rings. The lowest BCUT2D eigenvalue weighted by atomic mass is 10.1. The molecule has 1 unspecified atom stereocenters. The maximum absolute atomic E-state index is 5.45. The fraction of sp³-hybridized carbons (Fsp3) is 1.00. The molecule has 0 heterocycles. The summed E-state index contributed by atoms with van der Waals surface area (Å²) >= 11 is 0. The third kappa shape index (κ3) is 8.20. The quantitative estimate of drug-likeness (QED) is 0.633. The van der Waals surface area contributed by atoms with E-state index in [1.807, 2.05) is 0 Å². The number of hydrogen-bond acceptors (Lipinski definition) is 4. The summed E-state index contributed by atoms with van der Waals surface area (Å²) in [5.74, 6) is 0. The lowest BCUT2D eigenvalue weighted by molar-refractivity contribution is 0.0343. The molecule has 1 atom stereocenters. The molecule has 0 aromatic rings. The number of hydrogen-bond donors (Lipinski definition) is 1. The van der Waals surface area contributed by atoms with Crippen LogP contribution in [0, 0.1) is 0 Å². The second-order valence-electron chi connectivity index (χ2n) is 6.44. The van der Waals surface area contributed by atoms with Gasteiger partial charge in [0.15, 0.2) is 0 Å². The number of ether oxygens (including phenoxy) is 2. The predicted octanol–water partition coefficient (Wildman–Crippen LogP) is 2.53. The van der Waals surface area contributed by atoms with Gasteiger partial charge in [-0.25, -0.2) is 0 Å². The molecule has 0 aromatic heterocycles. The van der Waals surface area contributed by atoms with Gasteiger partial charge in [0.1, 0.15) is 0 Å². The minimum absolute atomic E-state index is 0.132. The second-order valence-corrected chi connectivity index (χ2v) is 6.44. The van der Waals surface area contributed by atoms with E-state index < -0.39 is 0 Å². The van der Waals surface area contributed by atoms with Gasteiger partial charge in [0.2, 0.25) is 0 Å². The van der Waals surface area contributed by atoms with E-state index in [-0.39, 0.29) is 5.54 Å². The summed E-state index contributed by atoms with van der Waals surface area (Å²) < 4.78 is 10.7. The highest BCUT2D eigenvalue weighted by Crippen LogP contribution is 2.14. The maximum Gasteiger partial charge on any atom is 0.0630 e. The van der Waals surface area contributed by atoms with Crippen molar-refractivity contribution >= 4 is 0 Å². The van der Waals surface area contributed by atoms with Crippen molar-refractivity contribution in [2.75, 3.05) is 40.5 Å². The molecule has 0 rings (SSSR count). The zero-order chi connectivity index (χ0) is 15.6. The second kappa shape index (κ2) is 10.6. The minimum Gasteiger partial charge on any atom is -0.383 e. The fourth-order valence-electron chi connectivity index (χ4n) is 2.51. The monoisotopic (exact) mass is 288 g/mol. The molecule has 0 saturated heterocycles. The Morgan fingerprint density at radius 1 is 1.00 bits per heavy atom. The third-order valence-corrected chi connectivity index (χ3v) is 3.66. The summed E-state index contributed by atoms with van der Waals surface area (Å²) in [5, 5.41) is 3.60. The van der Waals surface area contributed by atoms with E-state index in [9.17, 15) is 0 Å². The molecule has 0 spiro atoms. The molecule has 20 heavy (non-hydrogen) atoms. The van der Waals surface area contributed by atoms with Crippen molar-refractivity contribution in [3.8, 4) is 0 Å². The Labute approximate surface area is 126 Å². The van der Waals surface area contributed by atoms with Gasteiger partial charge in [-0.05, 0) is 33.6 Å². The first-order valence-corrected chi connectivity index (χ1v) is 7.88. The molecular weight excluding hydrogens is 252 g/mol. The number of nitrogens with zero attached hydrogens (tertiary/aromatic N) is 1. The van der Waals surface area contributed by atoms with Gasteiger partial charge in [-0.2, -0.15) is 0 Å². The molecule has 0 radical (unpaired) electrons. The van der Waals surface area contributed by atoms with Crippen molar-refractivity contribution < 1.29 is 9.47 Å². The largest absolute Gasteiger partial charge is 0.383 e. The van der Waals surface area contributed by atoms with E-state index in [0.29, 0.717) is 12.1 Å². The summed E-state index contributed by atoms with van der Waals surface area (Å²) in [6.07, 6.45) is 2.33. The van der Waals surface area contributed by atoms with Gasteiger partial charge in [0, 0.05) is 44.9 Å². The lowest BCUT2D eigenvalue weighted by Crippen LogP contribution is -2.53. The van der Waals surface area contributed by atoms with E-state index in [0.717, 1.165) is 39.1 Å². The van der Waals surface area contributed by atoms with Crippen molar-refractivity contribution in [2.24, 2.45) is 0 Å². The molecule has 0 bridgehead atoms. The van der Waals surface area contributed by atoms with E-state index >= 15 is 0 Å². The smallest absolute Gasteiger partial charge is 0.0630 e. The SMILES string of the molecule is CCC(CC)N(CCOC)C(CNC(C)(C)C)COC. The first-order valence-electron chi connectivity index (χ1n) is 7.88. The molecule has 1 N–H and O–H groups in total. The van der Waals surface area contributed by atoms with Gasteiger partial charge in [0.05, 0.1) is 13.2 Å². The van der Waals surface area contributed by atoms with E-state index in [2.05, 4.69) is 44.8 Å². The normalized spacial score (nSPS) is 14.2. The highest BCUT2D eigenvalue weighted by Gasteiger charge is 2.25. The van der Waals surface area contributed by atoms with Crippen LogP contribution in [0.1, 0.15) is 47.5 Å². The number of methoxy groups -OCH3 is 2. The van der Waals surface area contributed by atoms with Crippen LogP contribution in [0.3, 0.4) is 0 Å². The molecule has 4 heteroatoms. The third-order valence-electron chi connectivity index (χ3n) is 3.66. The zero-order valence-electron chi connectivity index (χ0n) is 14.7. The van der Waals surface area contributed by atoms with Gasteiger partial charge in [-0.15, -0.1) is 0 Å². The van der Waals surface area contributed by atoms with Crippen molar-refractivity contribution in [1.29, 1.82) is 0 Å². The van der Waals surface area contributed by atoms with Crippen LogP contribution < -0.4 is 5.32 Å². The first-order chi connectivity index (χ1) is 9.39. The Morgan fingerprint density at radius 3 is 2.00 bits per heavy atom. The topological polar surface area (TPSA) is 33.7 Å². The van der Waals surface area contributed by atoms with E-state index in [1.54, 1.807) is 14.2 Å². The average Bonchev–Trinajstić information content (AvgIpc) is 2.39. The van der Waals surface area contributed by atoms with Gasteiger partial charge in [0.25, 0.3) is 0 Å². The van der Waals surface area contributed by atoms with Crippen LogP contribution in [-0.4, -0.2) is 63.0 Å². The molecule has 0 aliphatic heterocycles. The van der Waals surface area contributed by atoms with Crippen molar-refractivity contribution in [3.05, 3.63) is 0 Å². The highest BCUT2D eigenvalue weighted by molar-refractivity contribution is 4.82. The van der Waals surface area contributed by atoms with Crippen molar-refractivity contribution in [3.63, 3.8) is 0 Å². The lowest BCUT2D eigenvalue weighted by Gasteiger charge is -2.38. The molecular formula is C16H36N2O2. The Bertz CT molecular complexity index is 225. The van der Waals surface area contributed by atoms with Gasteiger partial charge in [-0.1, -0.05) is 13.8 Å². The molecule has 0 amide bonds. The van der Waals surface area contributed by atoms with Crippen LogP contribution in [0.15, 0.2) is 0 Å². The Kier molecular flexibility index (Phi) is 10.5. The zero-order valence-corrected chi connectivity index (χ0v) is 14.7. The fourth-order valence-corrected chi connectivity index (χ4v) is 2.51. The summed E-state index contributed by atoms with van der Waals surface area (Å²) in [5.41, 5.74) is 0.132. The molecule has 0 fully saturated rings. The summed E-state index contributed by atoms with van der Waals surface area (Å²) in [6.45, 7) is 14.5. The van der Waals surface area contributed by atoms with Crippen LogP contribution in [0.5, 0.6) is 0 Å². The first kappa shape index (κ1) is 19.8. The summed E-state index contributed by atoms with van der Waals surface area (Å²) in [4.78, 5) is 2.55. The highest BCUT2D eigenvalue weighted by atomic mass is 16.5. The number of nitrogens with one attached hydrogen (secondary N) is 1. The molecule has 0 aliphatic carbocycles. The maximum atomic E-state index is 5.45. The van der Waals surface area contributed by atoms with Crippen LogP contribution in [-0.2, 0) is 9.47 Å². The summed E-state index contributed by atoms with van der Waals surface area (Å²) in [7, 11) is 3.55. The van der Waals surface area contributed by atoms with E-state index in [1.165, 1.54) is 0 Å². The number of rotatable bonds is 11. The molecule has 0 aromatic carbocycles. The van der Waals surface area contributed by atoms with Gasteiger partial charge >= 0.3 is 0 Å². The van der Waals surface area contributed by atoms with Crippen molar-refractivity contribution in [1.82, 2.24) is 10.2 Å². The standard InChI is InChI=1S/C16H36N2O2/c1-8-14(9-2)18(10-11-19-6)15(13-20-7)12-17-16(3,4)5/h14-15,17H,8-13H2,1-7H3. The van der Waals surface area contributed by atoms with Crippen LogP contribution in [0.25, 0.3) is 0 Å².